The van der Waals surface area contributed by atoms with Gasteiger partial charge < -0.3 is 9.73 Å². The zero-order valence-corrected chi connectivity index (χ0v) is 13.4. The van der Waals surface area contributed by atoms with Crippen LogP contribution in [0.25, 0.3) is 11.3 Å². The molecular weight excluding hydrogens is 326 g/mol. The highest BCUT2D eigenvalue weighted by molar-refractivity contribution is 9.10. The standard InChI is InChI=1S/C15H17BrClNO/c1-3-18-10(2)8-12-5-7-15(19-12)13-6-4-11(16)9-14(13)17/h4-7,9-10,18H,3,8H2,1-2H3. The number of hydrogen-bond donors (Lipinski definition) is 1. The molecule has 1 atom stereocenters. The summed E-state index contributed by atoms with van der Waals surface area (Å²) in [6.07, 6.45) is 0.877. The van der Waals surface area contributed by atoms with Crippen molar-refractivity contribution in [2.24, 2.45) is 0 Å². The summed E-state index contributed by atoms with van der Waals surface area (Å²) in [5.74, 6) is 1.79. The van der Waals surface area contributed by atoms with Crippen LogP contribution in [0, 0.1) is 0 Å². The molecule has 1 N–H and O–H groups in total. The topological polar surface area (TPSA) is 25.2 Å². The molecule has 0 amide bonds. The van der Waals surface area contributed by atoms with Crippen molar-refractivity contribution in [3.05, 3.63) is 45.6 Å². The molecule has 0 fully saturated rings. The third kappa shape index (κ3) is 3.85. The molecule has 2 aromatic rings. The molecule has 2 nitrogen and oxygen atoms in total. The Morgan fingerprint density at radius 3 is 2.79 bits per heavy atom. The second kappa shape index (κ2) is 6.60. The number of furan rings is 1. The highest BCUT2D eigenvalue weighted by atomic mass is 79.9. The van der Waals surface area contributed by atoms with Gasteiger partial charge in [-0.05, 0) is 43.8 Å². The van der Waals surface area contributed by atoms with Crippen LogP contribution in [0.15, 0.2) is 39.2 Å². The van der Waals surface area contributed by atoms with E-state index in [4.69, 9.17) is 16.0 Å². The number of likely N-dealkylation sites (N-methyl/N-ethyl adjacent to an activating group) is 1. The summed E-state index contributed by atoms with van der Waals surface area (Å²) in [5.41, 5.74) is 0.923. The van der Waals surface area contributed by atoms with Crippen LogP contribution in [-0.2, 0) is 6.42 Å². The highest BCUT2D eigenvalue weighted by Gasteiger charge is 2.10. The lowest BCUT2D eigenvalue weighted by Gasteiger charge is -2.09. The maximum atomic E-state index is 6.23. The van der Waals surface area contributed by atoms with Gasteiger partial charge in [0.25, 0.3) is 0 Å². The molecule has 0 saturated carbocycles. The summed E-state index contributed by atoms with van der Waals surface area (Å²) in [6.45, 7) is 5.22. The Bertz CT molecular complexity index is 553. The molecule has 0 aliphatic carbocycles. The van der Waals surface area contributed by atoms with E-state index in [0.29, 0.717) is 11.1 Å². The van der Waals surface area contributed by atoms with E-state index in [1.807, 2.05) is 30.3 Å². The van der Waals surface area contributed by atoms with Gasteiger partial charge in [-0.25, -0.2) is 0 Å². The Labute approximate surface area is 127 Å². The smallest absolute Gasteiger partial charge is 0.135 e. The van der Waals surface area contributed by atoms with Crippen molar-refractivity contribution in [1.82, 2.24) is 5.32 Å². The minimum atomic E-state index is 0.407. The van der Waals surface area contributed by atoms with Gasteiger partial charge in [-0.3, -0.25) is 0 Å². The second-order valence-electron chi connectivity index (χ2n) is 4.55. The summed E-state index contributed by atoms with van der Waals surface area (Å²) in [5, 5.41) is 4.06. The minimum Gasteiger partial charge on any atom is -0.461 e. The first-order valence-corrected chi connectivity index (χ1v) is 7.54. The average Bonchev–Trinajstić information content (AvgIpc) is 2.77. The Morgan fingerprint density at radius 2 is 2.11 bits per heavy atom. The molecule has 102 valence electrons. The summed E-state index contributed by atoms with van der Waals surface area (Å²) in [6, 6.07) is 10.2. The van der Waals surface area contributed by atoms with E-state index >= 15 is 0 Å². The van der Waals surface area contributed by atoms with Crippen LogP contribution < -0.4 is 5.32 Å². The van der Waals surface area contributed by atoms with Crippen molar-refractivity contribution in [3.63, 3.8) is 0 Å². The summed E-state index contributed by atoms with van der Waals surface area (Å²) >= 11 is 9.63. The zero-order valence-electron chi connectivity index (χ0n) is 11.0. The molecular formula is C15H17BrClNO. The first-order valence-electron chi connectivity index (χ1n) is 6.37. The van der Waals surface area contributed by atoms with E-state index < -0.39 is 0 Å². The first kappa shape index (κ1) is 14.6. The molecule has 0 radical (unpaired) electrons. The second-order valence-corrected chi connectivity index (χ2v) is 5.88. The predicted octanol–water partition coefficient (Wildman–Crippen LogP) is 4.90. The third-order valence-electron chi connectivity index (χ3n) is 2.92. The highest BCUT2D eigenvalue weighted by Crippen LogP contribution is 2.31. The van der Waals surface area contributed by atoms with Gasteiger partial charge in [0.1, 0.15) is 11.5 Å². The van der Waals surface area contributed by atoms with Crippen molar-refractivity contribution < 1.29 is 4.42 Å². The van der Waals surface area contributed by atoms with Crippen LogP contribution in [0.4, 0.5) is 0 Å². The number of hydrogen-bond acceptors (Lipinski definition) is 2. The third-order valence-corrected chi connectivity index (χ3v) is 3.72. The molecule has 1 aromatic heterocycles. The molecule has 1 aromatic carbocycles. The quantitative estimate of drug-likeness (QED) is 0.835. The Morgan fingerprint density at radius 1 is 1.32 bits per heavy atom. The van der Waals surface area contributed by atoms with Gasteiger partial charge in [0, 0.05) is 22.5 Å². The molecule has 1 heterocycles. The van der Waals surface area contributed by atoms with E-state index in [1.54, 1.807) is 0 Å². The lowest BCUT2D eigenvalue weighted by Crippen LogP contribution is -2.27. The largest absolute Gasteiger partial charge is 0.461 e. The van der Waals surface area contributed by atoms with Crippen LogP contribution in [0.1, 0.15) is 19.6 Å². The molecule has 19 heavy (non-hydrogen) atoms. The van der Waals surface area contributed by atoms with Gasteiger partial charge >= 0.3 is 0 Å². The summed E-state index contributed by atoms with van der Waals surface area (Å²) in [4.78, 5) is 0. The van der Waals surface area contributed by atoms with Crippen LogP contribution in [-0.4, -0.2) is 12.6 Å². The van der Waals surface area contributed by atoms with Gasteiger partial charge in [0.05, 0.1) is 5.02 Å². The Balaban J connectivity index is 2.16. The first-order chi connectivity index (χ1) is 9.10. The maximum Gasteiger partial charge on any atom is 0.135 e. The van der Waals surface area contributed by atoms with Gasteiger partial charge in [-0.15, -0.1) is 0 Å². The molecule has 0 aliphatic heterocycles. The number of rotatable bonds is 5. The van der Waals surface area contributed by atoms with E-state index in [2.05, 4.69) is 35.1 Å². The van der Waals surface area contributed by atoms with Crippen LogP contribution in [0.2, 0.25) is 5.02 Å². The molecule has 0 spiro atoms. The monoisotopic (exact) mass is 341 g/mol. The van der Waals surface area contributed by atoms with Crippen molar-refractivity contribution in [1.29, 1.82) is 0 Å². The van der Waals surface area contributed by atoms with Gasteiger partial charge in [-0.1, -0.05) is 34.5 Å². The molecule has 0 saturated heterocycles. The van der Waals surface area contributed by atoms with Crippen LogP contribution >= 0.6 is 27.5 Å². The Hall–Kier alpha value is -0.770. The minimum absolute atomic E-state index is 0.407. The van der Waals surface area contributed by atoms with Gasteiger partial charge in [-0.2, -0.15) is 0 Å². The molecule has 0 bridgehead atoms. The summed E-state index contributed by atoms with van der Waals surface area (Å²) < 4.78 is 6.83. The lowest BCUT2D eigenvalue weighted by atomic mass is 10.2. The fraction of sp³-hybridized carbons (Fsp3) is 0.333. The van der Waals surface area contributed by atoms with Crippen molar-refractivity contribution in [2.45, 2.75) is 26.3 Å². The summed E-state index contributed by atoms with van der Waals surface area (Å²) in [7, 11) is 0. The fourth-order valence-corrected chi connectivity index (χ4v) is 2.81. The fourth-order valence-electron chi connectivity index (χ4n) is 2.04. The van der Waals surface area contributed by atoms with E-state index in [-0.39, 0.29) is 0 Å². The molecule has 2 rings (SSSR count). The average molecular weight is 343 g/mol. The SMILES string of the molecule is CCNC(C)Cc1ccc(-c2ccc(Br)cc2Cl)o1. The number of nitrogens with one attached hydrogen (secondary N) is 1. The molecule has 4 heteroatoms. The molecule has 1 unspecified atom stereocenters. The van der Waals surface area contributed by atoms with Crippen molar-refractivity contribution >= 4 is 27.5 Å². The van der Waals surface area contributed by atoms with Crippen LogP contribution in [0.3, 0.4) is 0 Å². The van der Waals surface area contributed by atoms with Gasteiger partial charge in [0.15, 0.2) is 0 Å². The maximum absolute atomic E-state index is 6.23. The van der Waals surface area contributed by atoms with E-state index in [1.165, 1.54) is 0 Å². The number of halogens is 2. The van der Waals surface area contributed by atoms with Crippen LogP contribution in [0.5, 0.6) is 0 Å². The normalized spacial score (nSPS) is 12.6. The number of benzene rings is 1. The Kier molecular flexibility index (Phi) is 5.08. The predicted molar refractivity (Wildman–Crippen MR) is 83.7 cm³/mol. The lowest BCUT2D eigenvalue weighted by molar-refractivity contribution is 0.470. The van der Waals surface area contributed by atoms with E-state index in [9.17, 15) is 0 Å². The van der Waals surface area contributed by atoms with Gasteiger partial charge in [0.2, 0.25) is 0 Å². The molecule has 0 aliphatic rings. The van der Waals surface area contributed by atoms with Crippen molar-refractivity contribution in [2.75, 3.05) is 6.54 Å². The zero-order chi connectivity index (χ0) is 13.8. The van der Waals surface area contributed by atoms with Crippen molar-refractivity contribution in [3.8, 4) is 11.3 Å². The van der Waals surface area contributed by atoms with E-state index in [0.717, 1.165) is 34.5 Å².